The van der Waals surface area contributed by atoms with Crippen LogP contribution in [0.5, 0.6) is 0 Å². The van der Waals surface area contributed by atoms with Crippen LogP contribution in [-0.4, -0.2) is 48.1 Å². The van der Waals surface area contributed by atoms with Gasteiger partial charge < -0.3 is 4.74 Å². The lowest BCUT2D eigenvalue weighted by molar-refractivity contribution is -0.151. The van der Waals surface area contributed by atoms with Crippen molar-refractivity contribution in [2.24, 2.45) is 5.92 Å². The summed E-state index contributed by atoms with van der Waals surface area (Å²) in [5.41, 5.74) is 0.945. The van der Waals surface area contributed by atoms with E-state index in [0.717, 1.165) is 31.2 Å². The van der Waals surface area contributed by atoms with Gasteiger partial charge in [0.15, 0.2) is 0 Å². The second-order valence-electron chi connectivity index (χ2n) is 7.01. The first kappa shape index (κ1) is 22.6. The van der Waals surface area contributed by atoms with Gasteiger partial charge in [-0.25, -0.2) is 4.79 Å². The summed E-state index contributed by atoms with van der Waals surface area (Å²) in [6.45, 7) is 4.66. The third-order valence-corrected chi connectivity index (χ3v) is 4.95. The van der Waals surface area contributed by atoms with Gasteiger partial charge >= 0.3 is 17.9 Å². The predicted molar refractivity (Wildman–Crippen MR) is 109 cm³/mol. The fraction of sp³-hybridized carbons (Fsp3) is 0.500. The summed E-state index contributed by atoms with van der Waals surface area (Å²) in [7, 11) is 1.26. The van der Waals surface area contributed by atoms with Crippen LogP contribution in [0.25, 0.3) is 6.08 Å². The quantitative estimate of drug-likeness (QED) is 0.318. The number of unbranched alkanes of at least 4 members (excludes halogenated alkanes) is 1. The van der Waals surface area contributed by atoms with Crippen molar-refractivity contribution in [1.82, 2.24) is 9.96 Å². The van der Waals surface area contributed by atoms with Gasteiger partial charge in [-0.15, -0.1) is 5.06 Å². The van der Waals surface area contributed by atoms with Crippen LogP contribution in [0.4, 0.5) is 4.79 Å². The van der Waals surface area contributed by atoms with E-state index in [4.69, 9.17) is 9.57 Å². The summed E-state index contributed by atoms with van der Waals surface area (Å²) >= 11 is 0. The van der Waals surface area contributed by atoms with Gasteiger partial charge in [-0.2, -0.15) is 0 Å². The highest BCUT2D eigenvalue weighted by Gasteiger charge is 2.41. The van der Waals surface area contributed by atoms with Crippen molar-refractivity contribution in [3.05, 3.63) is 41.6 Å². The summed E-state index contributed by atoms with van der Waals surface area (Å²) in [6.07, 6.45) is 5.84. The topological polar surface area (TPSA) is 76.2 Å². The van der Waals surface area contributed by atoms with E-state index in [0.29, 0.717) is 17.6 Å². The first-order valence-electron chi connectivity index (χ1n) is 10.1. The number of urea groups is 1. The van der Waals surface area contributed by atoms with Gasteiger partial charge in [0.25, 0.3) is 0 Å². The number of nitrogens with zero attached hydrogens (tertiary/aromatic N) is 2. The number of carbonyl (C=O) groups excluding carboxylic acids is 3. The molecule has 7 nitrogen and oxygen atoms in total. The number of imide groups is 1. The zero-order chi connectivity index (χ0) is 21.2. The Kier molecular flexibility index (Phi) is 8.86. The summed E-state index contributed by atoms with van der Waals surface area (Å²) in [5.74, 6) is -0.582. The zero-order valence-corrected chi connectivity index (χ0v) is 17.4. The van der Waals surface area contributed by atoms with Gasteiger partial charge in [0.05, 0.1) is 20.1 Å². The second-order valence-corrected chi connectivity index (χ2v) is 7.01. The number of ether oxygens (including phenoxy) is 1. The molecule has 0 spiro atoms. The number of amides is 3. The van der Waals surface area contributed by atoms with Crippen LogP contribution < -0.4 is 0 Å². The molecule has 1 unspecified atom stereocenters. The van der Waals surface area contributed by atoms with Crippen LogP contribution in [-0.2, 0) is 19.2 Å². The molecule has 158 valence electrons. The molecule has 29 heavy (non-hydrogen) atoms. The Labute approximate surface area is 172 Å². The highest BCUT2D eigenvalue weighted by atomic mass is 16.7. The Balaban J connectivity index is 2.01. The smallest absolute Gasteiger partial charge is 0.356 e. The van der Waals surface area contributed by atoms with Crippen LogP contribution in [0.1, 0.15) is 51.5 Å². The molecule has 1 aliphatic heterocycles. The lowest BCUT2D eigenvalue weighted by Crippen LogP contribution is -2.33. The van der Waals surface area contributed by atoms with Crippen LogP contribution in [0.15, 0.2) is 36.0 Å². The van der Waals surface area contributed by atoms with Gasteiger partial charge in [-0.05, 0) is 24.0 Å². The van der Waals surface area contributed by atoms with Gasteiger partial charge in [0.2, 0.25) is 0 Å². The molecule has 2 rings (SSSR count). The summed E-state index contributed by atoms with van der Waals surface area (Å²) in [6, 6.07) is 8.59. The number of hydrogen-bond donors (Lipinski definition) is 0. The first-order chi connectivity index (χ1) is 14.0. The predicted octanol–water partition coefficient (Wildman–Crippen LogP) is 4.00. The molecule has 0 aromatic heterocycles. The van der Waals surface area contributed by atoms with Gasteiger partial charge in [0, 0.05) is 6.54 Å². The Bertz CT molecular complexity index is 732. The molecule has 3 amide bonds. The number of esters is 1. The Morgan fingerprint density at radius 2 is 1.90 bits per heavy atom. The standard InChI is InChI=1S/C22H30N2O5/c1-4-6-10-17(5-2)16-29-20(25)13-14-23-19(15-18-11-8-7-9-12-18)21(26)24(28-3)22(23)27/h7-9,11-12,15,17H,4-6,10,13-14,16H2,1-3H3. The molecule has 1 fully saturated rings. The minimum atomic E-state index is -0.609. The van der Waals surface area contributed by atoms with E-state index < -0.39 is 11.9 Å². The minimum Gasteiger partial charge on any atom is -0.465 e. The molecule has 1 saturated heterocycles. The molecule has 1 aromatic carbocycles. The van der Waals surface area contributed by atoms with Crippen molar-refractivity contribution in [2.75, 3.05) is 20.3 Å². The molecule has 0 bridgehead atoms. The average Bonchev–Trinajstić information content (AvgIpc) is 2.96. The van der Waals surface area contributed by atoms with Crippen LogP contribution >= 0.6 is 0 Å². The zero-order valence-electron chi connectivity index (χ0n) is 17.4. The van der Waals surface area contributed by atoms with Crippen LogP contribution in [0.3, 0.4) is 0 Å². The molecule has 1 atom stereocenters. The fourth-order valence-corrected chi connectivity index (χ4v) is 3.13. The molecule has 0 saturated carbocycles. The normalized spacial score (nSPS) is 16.6. The number of benzene rings is 1. The van der Waals surface area contributed by atoms with Crippen molar-refractivity contribution < 1.29 is 24.0 Å². The largest absolute Gasteiger partial charge is 0.465 e. The van der Waals surface area contributed by atoms with Gasteiger partial charge in [-0.1, -0.05) is 63.4 Å². The summed E-state index contributed by atoms with van der Waals surface area (Å²) < 4.78 is 5.39. The fourth-order valence-electron chi connectivity index (χ4n) is 3.13. The Morgan fingerprint density at radius 1 is 1.17 bits per heavy atom. The van der Waals surface area contributed by atoms with Crippen molar-refractivity contribution >= 4 is 24.0 Å². The van der Waals surface area contributed by atoms with E-state index in [1.807, 2.05) is 30.3 Å². The molecule has 1 aliphatic rings. The number of carbonyl (C=O) groups is 3. The monoisotopic (exact) mass is 402 g/mol. The number of rotatable bonds is 11. The molecule has 0 N–H and O–H groups in total. The van der Waals surface area contributed by atoms with Crippen molar-refractivity contribution in [3.63, 3.8) is 0 Å². The van der Waals surface area contributed by atoms with E-state index in [9.17, 15) is 14.4 Å². The summed E-state index contributed by atoms with van der Waals surface area (Å²) in [4.78, 5) is 43.4. The molecular formula is C22H30N2O5. The van der Waals surface area contributed by atoms with Crippen molar-refractivity contribution in [3.8, 4) is 0 Å². The van der Waals surface area contributed by atoms with Crippen molar-refractivity contribution in [2.45, 2.75) is 46.0 Å². The lowest BCUT2D eigenvalue weighted by Gasteiger charge is -2.17. The van der Waals surface area contributed by atoms with E-state index >= 15 is 0 Å². The third-order valence-electron chi connectivity index (χ3n) is 4.95. The van der Waals surface area contributed by atoms with Crippen LogP contribution in [0.2, 0.25) is 0 Å². The van der Waals surface area contributed by atoms with E-state index in [2.05, 4.69) is 13.8 Å². The lowest BCUT2D eigenvalue weighted by atomic mass is 10.0. The first-order valence-corrected chi connectivity index (χ1v) is 10.1. The minimum absolute atomic E-state index is 0.00686. The molecular weight excluding hydrogens is 372 g/mol. The molecule has 1 aromatic rings. The summed E-state index contributed by atoms with van der Waals surface area (Å²) in [5, 5.41) is 0.692. The maximum absolute atomic E-state index is 12.5. The highest BCUT2D eigenvalue weighted by molar-refractivity contribution is 6.13. The van der Waals surface area contributed by atoms with Crippen molar-refractivity contribution in [1.29, 1.82) is 0 Å². The maximum atomic E-state index is 12.5. The second kappa shape index (κ2) is 11.4. The SMILES string of the molecule is CCCCC(CC)COC(=O)CCN1C(=O)N(OC)C(=O)C1=Cc1ccccc1. The molecule has 1 heterocycles. The van der Waals surface area contributed by atoms with E-state index in [1.54, 1.807) is 6.08 Å². The van der Waals surface area contributed by atoms with Gasteiger partial charge in [-0.3, -0.25) is 19.3 Å². The number of hydrogen-bond acceptors (Lipinski definition) is 5. The third kappa shape index (κ3) is 6.15. The van der Waals surface area contributed by atoms with Crippen LogP contribution in [0, 0.1) is 5.92 Å². The van der Waals surface area contributed by atoms with Gasteiger partial charge in [0.1, 0.15) is 5.70 Å². The average molecular weight is 402 g/mol. The Morgan fingerprint density at radius 3 is 2.52 bits per heavy atom. The van der Waals surface area contributed by atoms with E-state index in [1.165, 1.54) is 12.0 Å². The molecule has 0 aliphatic carbocycles. The molecule has 7 heteroatoms. The Hall–Kier alpha value is -2.67. The maximum Gasteiger partial charge on any atom is 0.356 e. The molecule has 0 radical (unpaired) electrons. The van der Waals surface area contributed by atoms with E-state index in [-0.39, 0.29) is 24.6 Å². The number of hydroxylamine groups is 2. The highest BCUT2D eigenvalue weighted by Crippen LogP contribution is 2.24.